The van der Waals surface area contributed by atoms with Gasteiger partial charge in [0.2, 0.25) is 0 Å². The first-order valence-electron chi connectivity index (χ1n) is 7.00. The number of nitrogens with zero attached hydrogens (tertiary/aromatic N) is 1. The third-order valence-corrected chi connectivity index (χ3v) is 3.13. The minimum atomic E-state index is -0.507. The molecule has 22 heavy (non-hydrogen) atoms. The normalized spacial score (nSPS) is 10.3. The molecule has 2 aromatic rings. The topological polar surface area (TPSA) is 49.8 Å². The molecule has 0 spiro atoms. The van der Waals surface area contributed by atoms with Gasteiger partial charge in [-0.2, -0.15) is 0 Å². The number of amides is 1. The van der Waals surface area contributed by atoms with E-state index >= 15 is 0 Å². The quantitative estimate of drug-likeness (QED) is 0.853. The molecule has 0 bridgehead atoms. The number of carbonyl (C=O) groups excluding carboxylic acids is 1. The van der Waals surface area contributed by atoms with Crippen molar-refractivity contribution < 1.29 is 19.0 Å². The van der Waals surface area contributed by atoms with E-state index in [1.807, 2.05) is 30.3 Å². The number of carbonyl (C=O) groups is 1. The smallest absolute Gasteiger partial charge is 0.260 e. The first-order chi connectivity index (χ1) is 10.7. The SMILES string of the molecule is O=C(COc1ccccc1F)N(CCO)Cc1ccccc1. The van der Waals surface area contributed by atoms with Crippen LogP contribution < -0.4 is 4.74 Å². The summed E-state index contributed by atoms with van der Waals surface area (Å²) in [5.41, 5.74) is 0.954. The number of rotatable bonds is 7. The van der Waals surface area contributed by atoms with E-state index in [9.17, 15) is 9.18 Å². The maximum atomic E-state index is 13.4. The highest BCUT2D eigenvalue weighted by molar-refractivity contribution is 5.77. The van der Waals surface area contributed by atoms with Crippen LogP contribution in [0.5, 0.6) is 5.75 Å². The van der Waals surface area contributed by atoms with E-state index in [4.69, 9.17) is 9.84 Å². The summed E-state index contributed by atoms with van der Waals surface area (Å²) in [4.78, 5) is 13.7. The molecule has 0 saturated heterocycles. The molecule has 0 aliphatic heterocycles. The zero-order valence-corrected chi connectivity index (χ0v) is 12.1. The zero-order chi connectivity index (χ0) is 15.8. The van der Waals surface area contributed by atoms with Crippen molar-refractivity contribution in [1.82, 2.24) is 4.90 Å². The molecule has 2 aromatic carbocycles. The van der Waals surface area contributed by atoms with Crippen LogP contribution in [0, 0.1) is 5.82 Å². The summed E-state index contributed by atoms with van der Waals surface area (Å²) < 4.78 is 18.7. The highest BCUT2D eigenvalue weighted by Gasteiger charge is 2.15. The van der Waals surface area contributed by atoms with Crippen molar-refractivity contribution in [2.24, 2.45) is 0 Å². The fourth-order valence-corrected chi connectivity index (χ4v) is 2.01. The lowest BCUT2D eigenvalue weighted by Gasteiger charge is -2.22. The number of aliphatic hydroxyl groups is 1. The molecule has 5 heteroatoms. The van der Waals surface area contributed by atoms with Crippen molar-refractivity contribution in [1.29, 1.82) is 0 Å². The molecule has 4 nitrogen and oxygen atoms in total. The molecule has 0 heterocycles. The summed E-state index contributed by atoms with van der Waals surface area (Å²) in [7, 11) is 0. The summed E-state index contributed by atoms with van der Waals surface area (Å²) in [5, 5.41) is 9.10. The standard InChI is InChI=1S/C17H18FNO3/c18-15-8-4-5-9-16(15)22-13-17(21)19(10-11-20)12-14-6-2-1-3-7-14/h1-9,20H,10-13H2. The van der Waals surface area contributed by atoms with Gasteiger partial charge in [-0.25, -0.2) is 4.39 Å². The lowest BCUT2D eigenvalue weighted by molar-refractivity contribution is -0.134. The molecule has 1 amide bonds. The Hall–Kier alpha value is -2.40. The van der Waals surface area contributed by atoms with Crippen molar-refractivity contribution in [2.75, 3.05) is 19.8 Å². The lowest BCUT2D eigenvalue weighted by atomic mass is 10.2. The van der Waals surface area contributed by atoms with Gasteiger partial charge in [0.1, 0.15) is 0 Å². The van der Waals surface area contributed by atoms with Crippen molar-refractivity contribution in [2.45, 2.75) is 6.54 Å². The molecule has 0 aliphatic carbocycles. The maximum Gasteiger partial charge on any atom is 0.260 e. The van der Waals surface area contributed by atoms with E-state index in [0.717, 1.165) is 5.56 Å². The van der Waals surface area contributed by atoms with Gasteiger partial charge in [-0.15, -0.1) is 0 Å². The number of aliphatic hydroxyl groups excluding tert-OH is 1. The second kappa shape index (κ2) is 8.14. The van der Waals surface area contributed by atoms with Crippen molar-refractivity contribution in [3.05, 3.63) is 66.0 Å². The molecule has 0 radical (unpaired) electrons. The minimum absolute atomic E-state index is 0.0412. The van der Waals surface area contributed by atoms with Gasteiger partial charge in [0, 0.05) is 13.1 Å². The van der Waals surface area contributed by atoms with Crippen LogP contribution in [-0.4, -0.2) is 35.7 Å². The van der Waals surface area contributed by atoms with Gasteiger partial charge >= 0.3 is 0 Å². The fraction of sp³-hybridized carbons (Fsp3) is 0.235. The Morgan fingerprint density at radius 3 is 2.45 bits per heavy atom. The average molecular weight is 303 g/mol. The largest absolute Gasteiger partial charge is 0.481 e. The van der Waals surface area contributed by atoms with E-state index in [2.05, 4.69) is 0 Å². The highest BCUT2D eigenvalue weighted by Crippen LogP contribution is 2.15. The highest BCUT2D eigenvalue weighted by atomic mass is 19.1. The average Bonchev–Trinajstić information content (AvgIpc) is 2.54. The third-order valence-electron chi connectivity index (χ3n) is 3.13. The Morgan fingerprint density at radius 1 is 1.09 bits per heavy atom. The monoisotopic (exact) mass is 303 g/mol. The molecule has 1 N–H and O–H groups in total. The molecule has 0 aromatic heterocycles. The molecule has 0 fully saturated rings. The van der Waals surface area contributed by atoms with Gasteiger partial charge < -0.3 is 14.7 Å². The third kappa shape index (κ3) is 4.56. The Bertz CT molecular complexity index is 604. The van der Waals surface area contributed by atoms with E-state index in [1.54, 1.807) is 12.1 Å². The number of hydrogen-bond acceptors (Lipinski definition) is 3. The lowest BCUT2D eigenvalue weighted by Crippen LogP contribution is -2.36. The van der Waals surface area contributed by atoms with E-state index in [1.165, 1.54) is 17.0 Å². The number of halogens is 1. The molecule has 0 unspecified atom stereocenters. The Balaban J connectivity index is 1.96. The van der Waals surface area contributed by atoms with Crippen molar-refractivity contribution in [3.63, 3.8) is 0 Å². The fourth-order valence-electron chi connectivity index (χ4n) is 2.01. The van der Waals surface area contributed by atoms with Crippen LogP contribution >= 0.6 is 0 Å². The van der Waals surface area contributed by atoms with Gasteiger partial charge in [0.25, 0.3) is 5.91 Å². The predicted molar refractivity (Wildman–Crippen MR) is 80.8 cm³/mol. The number of benzene rings is 2. The number of hydrogen-bond donors (Lipinski definition) is 1. The summed E-state index contributed by atoms with van der Waals surface area (Å²) in [6.45, 7) is 0.168. The van der Waals surface area contributed by atoms with Crippen LogP contribution in [-0.2, 0) is 11.3 Å². The number of ether oxygens (including phenoxy) is 1. The Morgan fingerprint density at radius 2 is 1.77 bits per heavy atom. The molecule has 0 atom stereocenters. The van der Waals surface area contributed by atoms with Crippen molar-refractivity contribution >= 4 is 5.91 Å². The first kappa shape index (κ1) is 16.0. The molecular weight excluding hydrogens is 285 g/mol. The van der Waals surface area contributed by atoms with Crippen molar-refractivity contribution in [3.8, 4) is 5.75 Å². The van der Waals surface area contributed by atoms with E-state index in [0.29, 0.717) is 6.54 Å². The van der Waals surface area contributed by atoms with Crippen LogP contribution in [0.25, 0.3) is 0 Å². The van der Waals surface area contributed by atoms with Gasteiger partial charge in [-0.3, -0.25) is 4.79 Å². The second-order valence-electron chi connectivity index (χ2n) is 4.74. The van der Waals surface area contributed by atoms with Crippen LogP contribution in [0.2, 0.25) is 0 Å². The number of para-hydroxylation sites is 1. The Labute approximate surface area is 128 Å². The second-order valence-corrected chi connectivity index (χ2v) is 4.74. The Kier molecular flexibility index (Phi) is 5.91. The van der Waals surface area contributed by atoms with Gasteiger partial charge in [-0.1, -0.05) is 42.5 Å². The predicted octanol–water partition coefficient (Wildman–Crippen LogP) is 2.23. The van der Waals surface area contributed by atoms with Crippen LogP contribution in [0.3, 0.4) is 0 Å². The van der Waals surface area contributed by atoms with Crippen LogP contribution in [0.15, 0.2) is 54.6 Å². The maximum absolute atomic E-state index is 13.4. The zero-order valence-electron chi connectivity index (χ0n) is 12.1. The summed E-state index contributed by atoms with van der Waals surface area (Å²) in [5.74, 6) is -0.771. The molecule has 2 rings (SSSR count). The van der Waals surface area contributed by atoms with E-state index < -0.39 is 5.82 Å². The minimum Gasteiger partial charge on any atom is -0.481 e. The van der Waals surface area contributed by atoms with Gasteiger partial charge in [-0.05, 0) is 17.7 Å². The molecule has 0 aliphatic rings. The molecule has 116 valence electrons. The van der Waals surface area contributed by atoms with Crippen LogP contribution in [0.1, 0.15) is 5.56 Å². The van der Waals surface area contributed by atoms with Gasteiger partial charge in [0.05, 0.1) is 6.61 Å². The molecular formula is C17H18FNO3. The van der Waals surface area contributed by atoms with Crippen LogP contribution in [0.4, 0.5) is 4.39 Å². The summed E-state index contributed by atoms with van der Waals surface area (Å²) in [6.07, 6.45) is 0. The first-order valence-corrected chi connectivity index (χ1v) is 7.00. The summed E-state index contributed by atoms with van der Waals surface area (Å²) in [6, 6.07) is 15.4. The molecule has 0 saturated carbocycles. The summed E-state index contributed by atoms with van der Waals surface area (Å²) >= 11 is 0. The van der Waals surface area contributed by atoms with Gasteiger partial charge in [0.15, 0.2) is 18.2 Å². The van der Waals surface area contributed by atoms with E-state index in [-0.39, 0.29) is 31.4 Å².